The number of hydrogen-bond donors (Lipinski definition) is 1. The van der Waals surface area contributed by atoms with Gasteiger partial charge in [0.25, 0.3) is 0 Å². The fourth-order valence-electron chi connectivity index (χ4n) is 2.92. The number of aryl methyl sites for hydroxylation is 1. The second-order valence-corrected chi connectivity index (χ2v) is 5.68. The van der Waals surface area contributed by atoms with E-state index in [2.05, 4.69) is 22.6 Å². The second kappa shape index (κ2) is 6.64. The molecular weight excluding hydrogens is 278 g/mol. The summed E-state index contributed by atoms with van der Waals surface area (Å²) in [5.74, 6) is 0.784. The molecule has 0 unspecified atom stereocenters. The van der Waals surface area contributed by atoms with Crippen LogP contribution in [0.5, 0.6) is 0 Å². The number of aromatic nitrogens is 1. The molecule has 5 nitrogen and oxygen atoms in total. The highest BCUT2D eigenvalue weighted by Crippen LogP contribution is 2.31. The van der Waals surface area contributed by atoms with Crippen LogP contribution in [0.3, 0.4) is 0 Å². The summed E-state index contributed by atoms with van der Waals surface area (Å²) in [5.41, 5.74) is 2.08. The lowest BCUT2D eigenvalue weighted by molar-refractivity contribution is 0.191. The highest BCUT2D eigenvalue weighted by Gasteiger charge is 2.31. The Bertz CT molecular complexity index is 624. The summed E-state index contributed by atoms with van der Waals surface area (Å²) in [6.07, 6.45) is 2.79. The minimum absolute atomic E-state index is 0.0147. The first-order valence-electron chi connectivity index (χ1n) is 7.75. The molecule has 0 bridgehead atoms. The van der Waals surface area contributed by atoms with Gasteiger partial charge in [0, 0.05) is 19.2 Å². The van der Waals surface area contributed by atoms with Crippen LogP contribution in [0.4, 0.5) is 4.79 Å². The number of benzene rings is 1. The summed E-state index contributed by atoms with van der Waals surface area (Å²) >= 11 is 0. The van der Waals surface area contributed by atoms with Crippen molar-refractivity contribution in [1.82, 2.24) is 15.4 Å². The van der Waals surface area contributed by atoms with Crippen LogP contribution in [-0.4, -0.2) is 29.2 Å². The predicted octanol–water partition coefficient (Wildman–Crippen LogP) is 3.07. The van der Waals surface area contributed by atoms with Crippen LogP contribution in [0, 0.1) is 6.92 Å². The molecule has 1 N–H and O–H groups in total. The van der Waals surface area contributed by atoms with E-state index in [1.807, 2.05) is 36.1 Å². The van der Waals surface area contributed by atoms with Crippen LogP contribution in [0.15, 0.2) is 40.9 Å². The number of amides is 2. The Morgan fingerprint density at radius 1 is 1.41 bits per heavy atom. The van der Waals surface area contributed by atoms with Gasteiger partial charge >= 0.3 is 6.03 Å². The molecule has 1 atom stereocenters. The number of urea groups is 1. The van der Waals surface area contributed by atoms with Gasteiger partial charge in [-0.3, -0.25) is 0 Å². The highest BCUT2D eigenvalue weighted by molar-refractivity contribution is 5.75. The molecule has 2 amide bonds. The third-order valence-corrected chi connectivity index (χ3v) is 4.03. The minimum atomic E-state index is -0.0147. The number of nitrogens with one attached hydrogen (secondary N) is 1. The lowest BCUT2D eigenvalue weighted by Gasteiger charge is -2.23. The van der Waals surface area contributed by atoms with Gasteiger partial charge in [-0.05, 0) is 31.7 Å². The van der Waals surface area contributed by atoms with Gasteiger partial charge in [0.1, 0.15) is 11.5 Å². The van der Waals surface area contributed by atoms with Crippen LogP contribution in [0.2, 0.25) is 0 Å². The van der Waals surface area contributed by atoms with E-state index in [1.54, 1.807) is 0 Å². The van der Waals surface area contributed by atoms with Crippen molar-refractivity contribution in [2.75, 3.05) is 13.1 Å². The SMILES string of the molecule is Cc1cc([C@@H]2CCCN2C(=O)NCCc2ccccc2)no1. The molecule has 1 aliphatic heterocycles. The first-order valence-corrected chi connectivity index (χ1v) is 7.75. The topological polar surface area (TPSA) is 58.4 Å². The molecule has 2 aromatic rings. The Balaban J connectivity index is 1.55. The number of rotatable bonds is 4. The van der Waals surface area contributed by atoms with Crippen molar-refractivity contribution in [3.05, 3.63) is 53.4 Å². The highest BCUT2D eigenvalue weighted by atomic mass is 16.5. The van der Waals surface area contributed by atoms with Gasteiger partial charge in [0.2, 0.25) is 0 Å². The molecule has 1 aromatic carbocycles. The summed E-state index contributed by atoms with van der Waals surface area (Å²) in [6, 6.07) is 12.1. The van der Waals surface area contributed by atoms with Gasteiger partial charge in [0.15, 0.2) is 0 Å². The fraction of sp³-hybridized carbons (Fsp3) is 0.412. The van der Waals surface area contributed by atoms with E-state index in [4.69, 9.17) is 4.52 Å². The van der Waals surface area contributed by atoms with Crippen LogP contribution in [0.25, 0.3) is 0 Å². The van der Waals surface area contributed by atoms with Gasteiger partial charge < -0.3 is 14.7 Å². The van der Waals surface area contributed by atoms with Gasteiger partial charge in [-0.2, -0.15) is 0 Å². The number of carbonyl (C=O) groups is 1. The van der Waals surface area contributed by atoms with Crippen LogP contribution in [0.1, 0.15) is 35.9 Å². The Morgan fingerprint density at radius 2 is 2.23 bits per heavy atom. The monoisotopic (exact) mass is 299 g/mol. The van der Waals surface area contributed by atoms with E-state index in [0.29, 0.717) is 6.54 Å². The van der Waals surface area contributed by atoms with E-state index in [1.165, 1.54) is 5.56 Å². The van der Waals surface area contributed by atoms with Crippen molar-refractivity contribution in [3.8, 4) is 0 Å². The molecule has 22 heavy (non-hydrogen) atoms. The zero-order chi connectivity index (χ0) is 15.4. The minimum Gasteiger partial charge on any atom is -0.361 e. The van der Waals surface area contributed by atoms with Gasteiger partial charge in [-0.15, -0.1) is 0 Å². The average Bonchev–Trinajstić information content (AvgIpc) is 3.16. The van der Waals surface area contributed by atoms with E-state index >= 15 is 0 Å². The summed E-state index contributed by atoms with van der Waals surface area (Å²) in [5, 5.41) is 7.07. The van der Waals surface area contributed by atoms with Crippen molar-refractivity contribution < 1.29 is 9.32 Å². The van der Waals surface area contributed by atoms with Crippen LogP contribution >= 0.6 is 0 Å². The van der Waals surface area contributed by atoms with Crippen molar-refractivity contribution >= 4 is 6.03 Å². The molecule has 1 aromatic heterocycles. The summed E-state index contributed by atoms with van der Waals surface area (Å²) in [6.45, 7) is 3.29. The van der Waals surface area contributed by atoms with Gasteiger partial charge in [-0.25, -0.2) is 4.79 Å². The fourth-order valence-corrected chi connectivity index (χ4v) is 2.92. The molecule has 1 saturated heterocycles. The Kier molecular flexibility index (Phi) is 4.42. The van der Waals surface area contributed by atoms with E-state index in [9.17, 15) is 4.79 Å². The maximum atomic E-state index is 12.4. The molecule has 2 heterocycles. The predicted molar refractivity (Wildman–Crippen MR) is 83.5 cm³/mol. The summed E-state index contributed by atoms with van der Waals surface area (Å²) in [7, 11) is 0. The number of carbonyl (C=O) groups excluding carboxylic acids is 1. The number of nitrogens with zero attached hydrogens (tertiary/aromatic N) is 2. The molecule has 0 radical (unpaired) electrons. The molecule has 116 valence electrons. The molecule has 0 aliphatic carbocycles. The van der Waals surface area contributed by atoms with E-state index < -0.39 is 0 Å². The smallest absolute Gasteiger partial charge is 0.317 e. The Morgan fingerprint density at radius 3 is 2.95 bits per heavy atom. The maximum absolute atomic E-state index is 12.4. The lowest BCUT2D eigenvalue weighted by atomic mass is 10.1. The summed E-state index contributed by atoms with van der Waals surface area (Å²) in [4.78, 5) is 14.2. The normalized spacial score (nSPS) is 17.7. The molecule has 3 rings (SSSR count). The molecule has 0 saturated carbocycles. The summed E-state index contributed by atoms with van der Waals surface area (Å²) < 4.78 is 5.14. The second-order valence-electron chi connectivity index (χ2n) is 5.68. The van der Waals surface area contributed by atoms with Crippen LogP contribution in [-0.2, 0) is 6.42 Å². The quantitative estimate of drug-likeness (QED) is 0.944. The number of likely N-dealkylation sites (tertiary alicyclic amines) is 1. The van der Waals surface area contributed by atoms with Crippen molar-refractivity contribution in [2.24, 2.45) is 0 Å². The molecule has 5 heteroatoms. The maximum Gasteiger partial charge on any atom is 0.317 e. The molecule has 0 spiro atoms. The van der Waals surface area contributed by atoms with Crippen molar-refractivity contribution in [1.29, 1.82) is 0 Å². The van der Waals surface area contributed by atoms with E-state index in [0.717, 1.165) is 37.3 Å². The third kappa shape index (κ3) is 3.30. The Labute approximate surface area is 130 Å². The molecular formula is C17H21N3O2. The number of hydrogen-bond acceptors (Lipinski definition) is 3. The standard InChI is InChI=1S/C17H21N3O2/c1-13-12-15(19-22-13)16-8-5-11-20(16)17(21)18-10-9-14-6-3-2-4-7-14/h2-4,6-7,12,16H,5,8-11H2,1H3,(H,18,21)/t16-/m0/s1. The zero-order valence-corrected chi connectivity index (χ0v) is 12.8. The first kappa shape index (κ1) is 14.6. The largest absolute Gasteiger partial charge is 0.361 e. The third-order valence-electron chi connectivity index (χ3n) is 4.03. The molecule has 1 aliphatic rings. The van der Waals surface area contributed by atoms with Crippen molar-refractivity contribution in [2.45, 2.75) is 32.2 Å². The zero-order valence-electron chi connectivity index (χ0n) is 12.8. The van der Waals surface area contributed by atoms with Crippen molar-refractivity contribution in [3.63, 3.8) is 0 Å². The van der Waals surface area contributed by atoms with E-state index in [-0.39, 0.29) is 12.1 Å². The Hall–Kier alpha value is -2.30. The average molecular weight is 299 g/mol. The van der Waals surface area contributed by atoms with Crippen LogP contribution < -0.4 is 5.32 Å². The van der Waals surface area contributed by atoms with Gasteiger partial charge in [-0.1, -0.05) is 35.5 Å². The lowest BCUT2D eigenvalue weighted by Crippen LogP contribution is -2.40. The molecule has 1 fully saturated rings. The first-order chi connectivity index (χ1) is 10.7. The van der Waals surface area contributed by atoms with Gasteiger partial charge in [0.05, 0.1) is 6.04 Å².